The zero-order valence-electron chi connectivity index (χ0n) is 13.7. The van der Waals surface area contributed by atoms with Gasteiger partial charge in [0, 0.05) is 19.1 Å². The Hall–Kier alpha value is -1.26. The largest absolute Gasteiger partial charge is 0.493 e. The fraction of sp³-hybridized carbons (Fsp3) is 0.647. The third kappa shape index (κ3) is 4.11. The highest BCUT2D eigenvalue weighted by Crippen LogP contribution is 2.30. The number of hydrogen-bond acceptors (Lipinski definition) is 4. The fourth-order valence-electron chi connectivity index (χ4n) is 3.05. The molecule has 1 saturated heterocycles. The van der Waals surface area contributed by atoms with Gasteiger partial charge in [0.2, 0.25) is 0 Å². The van der Waals surface area contributed by atoms with Crippen LogP contribution < -0.4 is 14.8 Å². The van der Waals surface area contributed by atoms with Crippen molar-refractivity contribution in [2.24, 2.45) is 5.92 Å². The van der Waals surface area contributed by atoms with Crippen molar-refractivity contribution in [3.05, 3.63) is 23.8 Å². The zero-order chi connectivity index (χ0) is 15.2. The number of nitrogens with zero attached hydrogens (tertiary/aromatic N) is 1. The van der Waals surface area contributed by atoms with E-state index in [4.69, 9.17) is 9.47 Å². The number of methoxy groups -OCH3 is 2. The minimum atomic E-state index is 0.333. The SMILES string of the molecule is CCNC(CN1CCC(C)C1)c1ccc(OC)c(OC)c1. The normalized spacial score (nSPS) is 20.5. The van der Waals surface area contributed by atoms with E-state index in [1.165, 1.54) is 25.1 Å². The van der Waals surface area contributed by atoms with Gasteiger partial charge in [-0.3, -0.25) is 0 Å². The van der Waals surface area contributed by atoms with Crippen LogP contribution in [0.5, 0.6) is 11.5 Å². The van der Waals surface area contributed by atoms with Gasteiger partial charge in [-0.15, -0.1) is 0 Å². The van der Waals surface area contributed by atoms with Gasteiger partial charge in [-0.1, -0.05) is 19.9 Å². The molecule has 1 aromatic carbocycles. The Morgan fingerprint density at radius 2 is 2.05 bits per heavy atom. The summed E-state index contributed by atoms with van der Waals surface area (Å²) < 4.78 is 10.7. The van der Waals surface area contributed by atoms with Crippen molar-refractivity contribution in [2.45, 2.75) is 26.3 Å². The second kappa shape index (κ2) is 7.66. The number of likely N-dealkylation sites (N-methyl/N-ethyl adjacent to an activating group) is 1. The molecule has 0 amide bonds. The topological polar surface area (TPSA) is 33.7 Å². The molecular formula is C17H28N2O2. The van der Waals surface area contributed by atoms with Crippen LogP contribution in [0.1, 0.15) is 31.9 Å². The lowest BCUT2D eigenvalue weighted by Gasteiger charge is -2.25. The third-order valence-corrected chi connectivity index (χ3v) is 4.21. The van der Waals surface area contributed by atoms with E-state index in [1.54, 1.807) is 14.2 Å². The monoisotopic (exact) mass is 292 g/mol. The minimum Gasteiger partial charge on any atom is -0.493 e. The van der Waals surface area contributed by atoms with E-state index in [2.05, 4.69) is 36.2 Å². The van der Waals surface area contributed by atoms with E-state index in [9.17, 15) is 0 Å². The molecule has 4 heteroatoms. The first-order chi connectivity index (χ1) is 10.2. The molecule has 2 rings (SSSR count). The molecule has 2 atom stereocenters. The minimum absolute atomic E-state index is 0.333. The Morgan fingerprint density at radius 3 is 2.62 bits per heavy atom. The number of hydrogen-bond donors (Lipinski definition) is 1. The van der Waals surface area contributed by atoms with Gasteiger partial charge in [0.1, 0.15) is 0 Å². The molecule has 1 N–H and O–H groups in total. The van der Waals surface area contributed by atoms with Gasteiger partial charge < -0.3 is 19.7 Å². The molecule has 4 nitrogen and oxygen atoms in total. The summed E-state index contributed by atoms with van der Waals surface area (Å²) in [6.07, 6.45) is 1.31. The third-order valence-electron chi connectivity index (χ3n) is 4.21. The van der Waals surface area contributed by atoms with Crippen molar-refractivity contribution in [2.75, 3.05) is 40.4 Å². The van der Waals surface area contributed by atoms with Gasteiger partial charge in [0.05, 0.1) is 14.2 Å². The smallest absolute Gasteiger partial charge is 0.161 e. The van der Waals surface area contributed by atoms with Crippen LogP contribution in [0.25, 0.3) is 0 Å². The number of nitrogens with one attached hydrogen (secondary N) is 1. The molecule has 1 aliphatic rings. The first kappa shape index (κ1) is 16.1. The Morgan fingerprint density at radius 1 is 1.29 bits per heavy atom. The predicted octanol–water partition coefficient (Wildman–Crippen LogP) is 2.70. The molecule has 0 aromatic heterocycles. The molecule has 0 saturated carbocycles. The Bertz CT molecular complexity index is 450. The Kier molecular flexibility index (Phi) is 5.88. The molecule has 0 radical (unpaired) electrons. The van der Waals surface area contributed by atoms with Crippen molar-refractivity contribution in [1.82, 2.24) is 10.2 Å². The standard InChI is InChI=1S/C17H28N2O2/c1-5-18-15(12-19-9-8-13(2)11-19)14-6-7-16(20-3)17(10-14)21-4/h6-7,10,13,15,18H,5,8-9,11-12H2,1-4H3. The van der Waals surface area contributed by atoms with E-state index in [0.29, 0.717) is 6.04 Å². The molecule has 21 heavy (non-hydrogen) atoms. The van der Waals surface area contributed by atoms with Gasteiger partial charge in [-0.25, -0.2) is 0 Å². The first-order valence-electron chi connectivity index (χ1n) is 7.85. The maximum absolute atomic E-state index is 5.43. The molecule has 0 aliphatic carbocycles. The number of rotatable bonds is 7. The Labute approximate surface area is 128 Å². The van der Waals surface area contributed by atoms with Gasteiger partial charge in [0.15, 0.2) is 11.5 Å². The van der Waals surface area contributed by atoms with Crippen LogP contribution in [0, 0.1) is 5.92 Å². The van der Waals surface area contributed by atoms with Crippen LogP contribution in [0.3, 0.4) is 0 Å². The van der Waals surface area contributed by atoms with E-state index in [-0.39, 0.29) is 0 Å². The maximum atomic E-state index is 5.43. The summed E-state index contributed by atoms with van der Waals surface area (Å²) >= 11 is 0. The molecule has 1 heterocycles. The summed E-state index contributed by atoms with van der Waals surface area (Å²) in [7, 11) is 3.36. The average molecular weight is 292 g/mol. The highest BCUT2D eigenvalue weighted by atomic mass is 16.5. The van der Waals surface area contributed by atoms with Crippen molar-refractivity contribution in [3.63, 3.8) is 0 Å². The highest BCUT2D eigenvalue weighted by Gasteiger charge is 2.23. The molecular weight excluding hydrogens is 264 g/mol. The van der Waals surface area contributed by atoms with Crippen molar-refractivity contribution >= 4 is 0 Å². The van der Waals surface area contributed by atoms with Crippen LogP contribution in [0.15, 0.2) is 18.2 Å². The van der Waals surface area contributed by atoms with Gasteiger partial charge in [0.25, 0.3) is 0 Å². The first-order valence-corrected chi connectivity index (χ1v) is 7.85. The molecule has 1 fully saturated rings. The van der Waals surface area contributed by atoms with Gasteiger partial charge in [-0.2, -0.15) is 0 Å². The van der Waals surface area contributed by atoms with Crippen LogP contribution in [0.4, 0.5) is 0 Å². The molecule has 118 valence electrons. The lowest BCUT2D eigenvalue weighted by molar-refractivity contribution is 0.285. The molecule has 1 aliphatic heterocycles. The molecule has 2 unspecified atom stereocenters. The zero-order valence-corrected chi connectivity index (χ0v) is 13.7. The second-order valence-electron chi connectivity index (χ2n) is 5.88. The molecule has 0 spiro atoms. The quantitative estimate of drug-likeness (QED) is 0.838. The molecule has 0 bridgehead atoms. The summed E-state index contributed by atoms with van der Waals surface area (Å²) in [5, 5.41) is 3.59. The molecule has 1 aromatic rings. The van der Waals surface area contributed by atoms with E-state index in [1.807, 2.05) is 6.07 Å². The second-order valence-corrected chi connectivity index (χ2v) is 5.88. The summed E-state index contributed by atoms with van der Waals surface area (Å²) in [4.78, 5) is 2.55. The van der Waals surface area contributed by atoms with Gasteiger partial charge in [-0.05, 0) is 43.1 Å². The van der Waals surface area contributed by atoms with Crippen molar-refractivity contribution < 1.29 is 9.47 Å². The predicted molar refractivity (Wildman–Crippen MR) is 86.2 cm³/mol. The van der Waals surface area contributed by atoms with E-state index in [0.717, 1.165) is 30.5 Å². The lowest BCUT2D eigenvalue weighted by atomic mass is 10.1. The summed E-state index contributed by atoms with van der Waals surface area (Å²) in [5.41, 5.74) is 1.26. The average Bonchev–Trinajstić information content (AvgIpc) is 2.91. The van der Waals surface area contributed by atoms with E-state index >= 15 is 0 Å². The van der Waals surface area contributed by atoms with Crippen LogP contribution in [-0.4, -0.2) is 45.3 Å². The van der Waals surface area contributed by atoms with Crippen LogP contribution in [0.2, 0.25) is 0 Å². The van der Waals surface area contributed by atoms with E-state index < -0.39 is 0 Å². The highest BCUT2D eigenvalue weighted by molar-refractivity contribution is 5.43. The van der Waals surface area contributed by atoms with Crippen LogP contribution in [-0.2, 0) is 0 Å². The summed E-state index contributed by atoms with van der Waals surface area (Å²) in [6, 6.07) is 6.55. The number of likely N-dealkylation sites (tertiary alicyclic amines) is 1. The fourth-order valence-corrected chi connectivity index (χ4v) is 3.05. The number of ether oxygens (including phenoxy) is 2. The Balaban J connectivity index is 2.13. The van der Waals surface area contributed by atoms with Crippen molar-refractivity contribution in [1.29, 1.82) is 0 Å². The van der Waals surface area contributed by atoms with Gasteiger partial charge >= 0.3 is 0 Å². The van der Waals surface area contributed by atoms with Crippen molar-refractivity contribution in [3.8, 4) is 11.5 Å². The maximum Gasteiger partial charge on any atom is 0.161 e. The number of benzene rings is 1. The lowest BCUT2D eigenvalue weighted by Crippen LogP contribution is -2.34. The summed E-state index contributed by atoms with van der Waals surface area (Å²) in [6.45, 7) is 8.90. The summed E-state index contributed by atoms with van der Waals surface area (Å²) in [5.74, 6) is 2.40. The van der Waals surface area contributed by atoms with Crippen LogP contribution >= 0.6 is 0 Å².